The zero-order chi connectivity index (χ0) is 10.4. The minimum absolute atomic E-state index is 0.668. The Morgan fingerprint density at radius 2 is 2.00 bits per heavy atom. The van der Waals surface area contributed by atoms with Gasteiger partial charge >= 0.3 is 0 Å². The number of benzene rings is 1. The molecule has 0 aliphatic heterocycles. The van der Waals surface area contributed by atoms with E-state index in [-0.39, 0.29) is 0 Å². The van der Waals surface area contributed by atoms with E-state index in [0.29, 0.717) is 5.92 Å². The molecule has 1 aromatic rings. The number of rotatable bonds is 5. The molecule has 1 nitrogen and oxygen atoms in total. The molecule has 1 aromatic carbocycles. The summed E-state index contributed by atoms with van der Waals surface area (Å²) < 4.78 is 5.67. The highest BCUT2D eigenvalue weighted by Crippen LogP contribution is 2.21. The predicted molar refractivity (Wildman–Crippen MR) is 68.3 cm³/mol. The fraction of sp³-hybridized carbons (Fsp3) is 0.455. The zero-order valence-corrected chi connectivity index (χ0v) is 12.5. The van der Waals surface area contributed by atoms with Gasteiger partial charge in [-0.3, -0.25) is 0 Å². The lowest BCUT2D eigenvalue weighted by atomic mass is 10.0. The second-order valence-electron chi connectivity index (χ2n) is 3.81. The molecule has 78 valence electrons. The topological polar surface area (TPSA) is 9.23 Å². The summed E-state index contributed by atoms with van der Waals surface area (Å²) in [5, 5.41) is 0. The average molecular weight is 224 g/mol. The molecule has 2 unspecified atom stereocenters. The van der Waals surface area contributed by atoms with Gasteiger partial charge in [-0.25, -0.2) is 0 Å². The van der Waals surface area contributed by atoms with Gasteiger partial charge < -0.3 is 4.12 Å². The van der Waals surface area contributed by atoms with Crippen molar-refractivity contribution in [1.29, 1.82) is 0 Å². The third-order valence-corrected chi connectivity index (χ3v) is 7.58. The van der Waals surface area contributed by atoms with Gasteiger partial charge in [-0.2, -0.15) is 0 Å². The molecule has 0 saturated carbocycles. The smallest absolute Gasteiger partial charge is 0.162 e. The lowest BCUT2D eigenvalue weighted by molar-refractivity contribution is 0.612. The van der Waals surface area contributed by atoms with Crippen molar-refractivity contribution in [2.45, 2.75) is 31.9 Å². The minimum Gasteiger partial charge on any atom is -0.465 e. The summed E-state index contributed by atoms with van der Waals surface area (Å²) in [6.45, 7) is 4.57. The molecule has 2 atom stereocenters. The SMILES string of the molecule is CC[SiH](CC(C)c1ccccc1)O[SiH3]. The summed E-state index contributed by atoms with van der Waals surface area (Å²) in [7, 11) is 0.0533. The van der Waals surface area contributed by atoms with E-state index < -0.39 is 9.04 Å². The van der Waals surface area contributed by atoms with Crippen LogP contribution in [-0.4, -0.2) is 19.5 Å². The highest BCUT2D eigenvalue weighted by Gasteiger charge is 2.13. The minimum atomic E-state index is -0.858. The van der Waals surface area contributed by atoms with Crippen LogP contribution >= 0.6 is 0 Å². The summed E-state index contributed by atoms with van der Waals surface area (Å²) in [5.74, 6) is 0.668. The molecule has 0 aliphatic carbocycles. The van der Waals surface area contributed by atoms with E-state index in [2.05, 4.69) is 44.2 Å². The first kappa shape index (κ1) is 11.7. The van der Waals surface area contributed by atoms with Crippen molar-refractivity contribution in [2.24, 2.45) is 0 Å². The molecule has 0 aliphatic rings. The van der Waals surface area contributed by atoms with E-state index in [1.807, 2.05) is 0 Å². The van der Waals surface area contributed by atoms with Crippen LogP contribution in [0.5, 0.6) is 0 Å². The third kappa shape index (κ3) is 3.40. The summed E-state index contributed by atoms with van der Waals surface area (Å²) >= 11 is 0. The normalized spacial score (nSPS) is 15.3. The molecule has 0 spiro atoms. The van der Waals surface area contributed by atoms with Crippen LogP contribution in [0.25, 0.3) is 0 Å². The van der Waals surface area contributed by atoms with Gasteiger partial charge in [-0.15, -0.1) is 0 Å². The first-order valence-corrected chi connectivity index (χ1v) is 8.27. The monoisotopic (exact) mass is 224 g/mol. The molecular weight excluding hydrogens is 204 g/mol. The summed E-state index contributed by atoms with van der Waals surface area (Å²) in [5.41, 5.74) is 1.46. The van der Waals surface area contributed by atoms with Crippen LogP contribution in [-0.2, 0) is 4.12 Å². The van der Waals surface area contributed by atoms with Crippen LogP contribution in [0.4, 0.5) is 0 Å². The number of hydrogen-bond donors (Lipinski definition) is 0. The Morgan fingerprint density at radius 1 is 1.36 bits per heavy atom. The lowest BCUT2D eigenvalue weighted by Gasteiger charge is -2.17. The Morgan fingerprint density at radius 3 is 2.50 bits per heavy atom. The number of hydrogen-bond acceptors (Lipinski definition) is 1. The second kappa shape index (κ2) is 6.16. The highest BCUT2D eigenvalue weighted by molar-refractivity contribution is 6.55. The van der Waals surface area contributed by atoms with Crippen molar-refractivity contribution < 1.29 is 4.12 Å². The van der Waals surface area contributed by atoms with Crippen LogP contribution in [0.15, 0.2) is 30.3 Å². The molecule has 0 bridgehead atoms. The molecule has 14 heavy (non-hydrogen) atoms. The molecule has 3 heteroatoms. The standard InChI is InChI=1S/C11H20OSi2/c1-3-14(12-13)9-10(2)11-7-5-4-6-8-11/h4-8,10,14H,3,9H2,1-2,13H3. The van der Waals surface area contributed by atoms with Crippen LogP contribution < -0.4 is 0 Å². The quantitative estimate of drug-likeness (QED) is 0.694. The van der Waals surface area contributed by atoms with Gasteiger partial charge in [0.25, 0.3) is 0 Å². The van der Waals surface area contributed by atoms with E-state index in [1.54, 1.807) is 0 Å². The highest BCUT2D eigenvalue weighted by atomic mass is 28.3. The van der Waals surface area contributed by atoms with Gasteiger partial charge in [0.2, 0.25) is 0 Å². The van der Waals surface area contributed by atoms with Crippen LogP contribution in [0, 0.1) is 0 Å². The lowest BCUT2D eigenvalue weighted by Crippen LogP contribution is -2.17. The van der Waals surface area contributed by atoms with E-state index in [0.717, 1.165) is 10.5 Å². The first-order valence-electron chi connectivity index (χ1n) is 5.35. The Kier molecular flexibility index (Phi) is 5.15. The second-order valence-corrected chi connectivity index (χ2v) is 8.23. The summed E-state index contributed by atoms with van der Waals surface area (Å²) in [6.07, 6.45) is 0. The molecule has 0 fully saturated rings. The zero-order valence-electron chi connectivity index (χ0n) is 9.36. The first-order chi connectivity index (χ1) is 6.77. The van der Waals surface area contributed by atoms with Gasteiger partial charge in [0.05, 0.1) is 0 Å². The van der Waals surface area contributed by atoms with E-state index in [1.165, 1.54) is 17.7 Å². The van der Waals surface area contributed by atoms with E-state index in [4.69, 9.17) is 4.12 Å². The van der Waals surface area contributed by atoms with Crippen molar-refractivity contribution in [3.63, 3.8) is 0 Å². The molecule has 0 N–H and O–H groups in total. The Balaban J connectivity index is 2.54. The average Bonchev–Trinajstić information content (AvgIpc) is 2.26. The van der Waals surface area contributed by atoms with Crippen LogP contribution in [0.2, 0.25) is 12.1 Å². The van der Waals surface area contributed by atoms with E-state index >= 15 is 0 Å². The molecule has 0 amide bonds. The van der Waals surface area contributed by atoms with Crippen LogP contribution in [0.3, 0.4) is 0 Å². The van der Waals surface area contributed by atoms with Gasteiger partial charge in [0.15, 0.2) is 9.04 Å². The molecule has 0 heterocycles. The molecule has 0 saturated heterocycles. The Hall–Kier alpha value is -0.386. The molecule has 1 rings (SSSR count). The maximum atomic E-state index is 5.67. The fourth-order valence-electron chi connectivity index (χ4n) is 1.74. The van der Waals surface area contributed by atoms with Crippen molar-refractivity contribution in [3.8, 4) is 0 Å². The van der Waals surface area contributed by atoms with Crippen molar-refractivity contribution >= 4 is 19.5 Å². The third-order valence-electron chi connectivity index (χ3n) is 2.77. The van der Waals surface area contributed by atoms with E-state index in [9.17, 15) is 0 Å². The van der Waals surface area contributed by atoms with Gasteiger partial charge in [-0.1, -0.05) is 44.2 Å². The largest absolute Gasteiger partial charge is 0.465 e. The van der Waals surface area contributed by atoms with Gasteiger partial charge in [-0.05, 0) is 23.6 Å². The van der Waals surface area contributed by atoms with Crippen molar-refractivity contribution in [3.05, 3.63) is 35.9 Å². The molecule has 0 aromatic heterocycles. The Labute approximate surface area is 91.8 Å². The van der Waals surface area contributed by atoms with Gasteiger partial charge in [0, 0.05) is 0 Å². The fourth-order valence-corrected chi connectivity index (χ4v) is 5.24. The molecule has 0 radical (unpaired) electrons. The predicted octanol–water partition coefficient (Wildman–Crippen LogP) is 1.83. The van der Waals surface area contributed by atoms with Crippen LogP contribution in [0.1, 0.15) is 25.3 Å². The maximum Gasteiger partial charge on any atom is 0.162 e. The van der Waals surface area contributed by atoms with Crippen molar-refractivity contribution in [1.82, 2.24) is 0 Å². The summed E-state index contributed by atoms with van der Waals surface area (Å²) in [6, 6.07) is 13.3. The maximum absolute atomic E-state index is 5.67. The van der Waals surface area contributed by atoms with Gasteiger partial charge in [0.1, 0.15) is 10.5 Å². The Bertz CT molecular complexity index is 247. The summed E-state index contributed by atoms with van der Waals surface area (Å²) in [4.78, 5) is 0. The van der Waals surface area contributed by atoms with Crippen molar-refractivity contribution in [2.75, 3.05) is 0 Å². The molecular formula is C11H20OSi2.